The van der Waals surface area contributed by atoms with E-state index in [-0.39, 0.29) is 11.5 Å². The normalized spacial score (nSPS) is 13.1. The molecule has 1 rings (SSSR count). The molecule has 0 fully saturated rings. The van der Waals surface area contributed by atoms with Crippen molar-refractivity contribution < 1.29 is 22.3 Å². The highest BCUT2D eigenvalue weighted by Crippen LogP contribution is 2.18. The van der Waals surface area contributed by atoms with Crippen LogP contribution in [0.4, 0.5) is 4.39 Å². The number of hydrogen-bond acceptors (Lipinski definition) is 4. The molecule has 0 saturated heterocycles. The van der Waals surface area contributed by atoms with Crippen LogP contribution in [0.3, 0.4) is 0 Å². The van der Waals surface area contributed by atoms with Crippen molar-refractivity contribution in [2.75, 3.05) is 12.4 Å². The minimum atomic E-state index is -3.83. The summed E-state index contributed by atoms with van der Waals surface area (Å²) in [4.78, 5) is 11.0. The van der Waals surface area contributed by atoms with Crippen LogP contribution in [0.15, 0.2) is 29.2 Å². The largest absolute Gasteiger partial charge is 0.466 e. The number of esters is 1. The van der Waals surface area contributed by atoms with Gasteiger partial charge in [-0.15, -0.1) is 0 Å². The van der Waals surface area contributed by atoms with E-state index in [1.165, 1.54) is 25.1 Å². The zero-order chi connectivity index (χ0) is 13.8. The van der Waals surface area contributed by atoms with E-state index < -0.39 is 33.3 Å². The van der Waals surface area contributed by atoms with Gasteiger partial charge in [0.25, 0.3) is 0 Å². The van der Waals surface area contributed by atoms with Crippen LogP contribution in [0.5, 0.6) is 0 Å². The van der Waals surface area contributed by atoms with E-state index in [1.807, 2.05) is 0 Å². The fraction of sp³-hybridized carbons (Fsp3) is 0.417. The summed E-state index contributed by atoms with van der Waals surface area (Å²) in [7, 11) is -3.83. The van der Waals surface area contributed by atoms with Gasteiger partial charge in [-0.2, -0.15) is 0 Å². The van der Waals surface area contributed by atoms with E-state index in [0.29, 0.717) is 0 Å². The van der Waals surface area contributed by atoms with Gasteiger partial charge in [-0.3, -0.25) is 4.79 Å². The molecule has 4 nitrogen and oxygen atoms in total. The summed E-state index contributed by atoms with van der Waals surface area (Å²) in [5.41, 5.74) is 0. The van der Waals surface area contributed by atoms with Crippen LogP contribution < -0.4 is 0 Å². The molecule has 0 aromatic heterocycles. The molecule has 0 spiro atoms. The molecule has 0 heterocycles. The molecule has 1 aromatic carbocycles. The van der Waals surface area contributed by atoms with Gasteiger partial charge >= 0.3 is 5.97 Å². The first-order valence-corrected chi connectivity index (χ1v) is 7.17. The highest BCUT2D eigenvalue weighted by Gasteiger charge is 2.26. The Bertz CT molecular complexity index is 525. The number of sulfone groups is 1. The molecule has 1 atom stereocenters. The Morgan fingerprint density at radius 1 is 1.39 bits per heavy atom. The van der Waals surface area contributed by atoms with Crippen molar-refractivity contribution in [3.05, 3.63) is 30.1 Å². The van der Waals surface area contributed by atoms with Crippen molar-refractivity contribution in [1.29, 1.82) is 0 Å². The fourth-order valence-corrected chi connectivity index (χ4v) is 3.09. The third kappa shape index (κ3) is 3.53. The molecule has 0 aliphatic heterocycles. The average molecular weight is 274 g/mol. The van der Waals surface area contributed by atoms with Gasteiger partial charge < -0.3 is 4.74 Å². The first-order chi connectivity index (χ1) is 8.38. The van der Waals surface area contributed by atoms with E-state index in [0.717, 1.165) is 6.07 Å². The van der Waals surface area contributed by atoms with Crippen molar-refractivity contribution in [3.63, 3.8) is 0 Å². The highest BCUT2D eigenvalue weighted by atomic mass is 32.2. The molecule has 0 radical (unpaired) electrons. The molecular formula is C12H15FO4S. The number of halogens is 1. The van der Waals surface area contributed by atoms with Crippen molar-refractivity contribution in [2.24, 2.45) is 5.92 Å². The number of carbonyl (C=O) groups excluding carboxylic acids is 1. The SMILES string of the molecule is CCOC(=O)C(C)CS(=O)(=O)c1ccccc1F. The van der Waals surface area contributed by atoms with E-state index >= 15 is 0 Å². The molecule has 100 valence electrons. The molecule has 0 saturated carbocycles. The number of ether oxygens (including phenoxy) is 1. The zero-order valence-electron chi connectivity index (χ0n) is 10.2. The first-order valence-electron chi connectivity index (χ1n) is 5.52. The van der Waals surface area contributed by atoms with Crippen LogP contribution in [-0.4, -0.2) is 26.7 Å². The number of carbonyl (C=O) groups is 1. The fourth-order valence-electron chi connectivity index (χ4n) is 1.47. The maximum absolute atomic E-state index is 13.4. The lowest BCUT2D eigenvalue weighted by Gasteiger charge is -2.11. The van der Waals surface area contributed by atoms with Crippen molar-refractivity contribution >= 4 is 15.8 Å². The molecule has 1 unspecified atom stereocenters. The summed E-state index contributed by atoms with van der Waals surface area (Å²) < 4.78 is 42.0. The van der Waals surface area contributed by atoms with Crippen LogP contribution >= 0.6 is 0 Å². The molecule has 1 aromatic rings. The van der Waals surface area contributed by atoms with E-state index in [2.05, 4.69) is 0 Å². The minimum absolute atomic E-state index is 0.183. The Balaban J connectivity index is 2.90. The molecular weight excluding hydrogens is 259 g/mol. The standard InChI is InChI=1S/C12H15FO4S/c1-3-17-12(14)9(2)8-18(15,16)11-7-5-4-6-10(11)13/h4-7,9H,3,8H2,1-2H3. The summed E-state index contributed by atoms with van der Waals surface area (Å²) in [6.07, 6.45) is 0. The van der Waals surface area contributed by atoms with Gasteiger partial charge in [0.15, 0.2) is 9.84 Å². The van der Waals surface area contributed by atoms with Crippen LogP contribution in [-0.2, 0) is 19.4 Å². The van der Waals surface area contributed by atoms with Gasteiger partial charge in [0.05, 0.1) is 18.3 Å². The first kappa shape index (κ1) is 14.6. The smallest absolute Gasteiger partial charge is 0.309 e. The number of hydrogen-bond donors (Lipinski definition) is 0. The zero-order valence-corrected chi connectivity index (χ0v) is 11.0. The van der Waals surface area contributed by atoms with E-state index in [4.69, 9.17) is 4.74 Å². The van der Waals surface area contributed by atoms with Crippen LogP contribution in [0.2, 0.25) is 0 Å². The molecule has 0 aliphatic carbocycles. The summed E-state index contributed by atoms with van der Waals surface area (Å²) in [6.45, 7) is 3.26. The van der Waals surface area contributed by atoms with Crippen molar-refractivity contribution in [3.8, 4) is 0 Å². The Hall–Kier alpha value is -1.43. The van der Waals surface area contributed by atoms with Crippen molar-refractivity contribution in [2.45, 2.75) is 18.7 Å². The van der Waals surface area contributed by atoms with Crippen LogP contribution in [0.1, 0.15) is 13.8 Å². The predicted octanol–water partition coefficient (Wildman–Crippen LogP) is 1.80. The second-order valence-electron chi connectivity index (χ2n) is 3.86. The lowest BCUT2D eigenvalue weighted by atomic mass is 10.2. The number of rotatable bonds is 5. The van der Waals surface area contributed by atoms with Crippen LogP contribution in [0.25, 0.3) is 0 Å². The van der Waals surface area contributed by atoms with Crippen molar-refractivity contribution in [1.82, 2.24) is 0 Å². The summed E-state index contributed by atoms with van der Waals surface area (Å²) >= 11 is 0. The average Bonchev–Trinajstić information content (AvgIpc) is 2.29. The maximum Gasteiger partial charge on any atom is 0.309 e. The molecule has 6 heteroatoms. The lowest BCUT2D eigenvalue weighted by Crippen LogP contribution is -2.24. The third-order valence-corrected chi connectivity index (χ3v) is 4.27. The molecule has 18 heavy (non-hydrogen) atoms. The second kappa shape index (κ2) is 5.95. The van der Waals surface area contributed by atoms with Gasteiger partial charge in [0.2, 0.25) is 0 Å². The Morgan fingerprint density at radius 3 is 2.56 bits per heavy atom. The predicted molar refractivity (Wildman–Crippen MR) is 64.2 cm³/mol. The van der Waals surface area contributed by atoms with Gasteiger partial charge in [0, 0.05) is 0 Å². The van der Waals surface area contributed by atoms with E-state index in [1.54, 1.807) is 6.92 Å². The number of benzene rings is 1. The Kier molecular flexibility index (Phi) is 4.84. The molecule has 0 N–H and O–H groups in total. The summed E-state index contributed by atoms with van der Waals surface area (Å²) in [5.74, 6) is -2.70. The third-order valence-electron chi connectivity index (χ3n) is 2.33. The van der Waals surface area contributed by atoms with Gasteiger partial charge in [-0.1, -0.05) is 19.1 Å². The lowest BCUT2D eigenvalue weighted by molar-refractivity contribution is -0.146. The molecule has 0 bridgehead atoms. The maximum atomic E-state index is 13.4. The highest BCUT2D eigenvalue weighted by molar-refractivity contribution is 7.91. The van der Waals surface area contributed by atoms with Gasteiger partial charge in [-0.25, -0.2) is 12.8 Å². The van der Waals surface area contributed by atoms with Gasteiger partial charge in [-0.05, 0) is 19.1 Å². The second-order valence-corrected chi connectivity index (χ2v) is 5.87. The molecule has 0 aliphatic rings. The van der Waals surface area contributed by atoms with E-state index in [9.17, 15) is 17.6 Å². The van der Waals surface area contributed by atoms with Crippen LogP contribution in [0, 0.1) is 11.7 Å². The summed E-state index contributed by atoms with van der Waals surface area (Å²) in [6, 6.07) is 5.10. The Morgan fingerprint density at radius 2 is 2.00 bits per heavy atom. The molecule has 0 amide bonds. The quantitative estimate of drug-likeness (QED) is 0.768. The summed E-state index contributed by atoms with van der Waals surface area (Å²) in [5, 5.41) is 0. The minimum Gasteiger partial charge on any atom is -0.466 e. The van der Waals surface area contributed by atoms with Gasteiger partial charge in [0.1, 0.15) is 10.7 Å². The topological polar surface area (TPSA) is 60.4 Å². The Labute approximate surface area is 106 Å². The monoisotopic (exact) mass is 274 g/mol.